The fourth-order valence-corrected chi connectivity index (χ4v) is 2.94. The van der Waals surface area contributed by atoms with Crippen LogP contribution < -0.4 is 14.2 Å². The second-order valence-electron chi connectivity index (χ2n) is 5.40. The quantitative estimate of drug-likeness (QED) is 0.675. The number of rotatable bonds is 4. The zero-order chi connectivity index (χ0) is 16.5. The molecule has 0 saturated carbocycles. The lowest BCUT2D eigenvalue weighted by molar-refractivity contribution is 0.102. The summed E-state index contributed by atoms with van der Waals surface area (Å²) in [5.74, 6) is 2.52. The molecule has 8 nitrogen and oxygen atoms in total. The third kappa shape index (κ3) is 2.65. The minimum atomic E-state index is -0.0820. The number of nitrogens with zero attached hydrogens (tertiary/aromatic N) is 3. The standard InChI is InChI=1S/C15H16N4O4S/c1-20-11-5-9(6-12-13(11)23-8-22-12)7-16-19-14(17-18-15(19)24)10-3-2-4-21-10/h5-7,10H,2-4,8H2,1H3,(H,18,24)/b16-7-/t10-/m0/s1. The van der Waals surface area contributed by atoms with Crippen molar-refractivity contribution in [2.24, 2.45) is 5.10 Å². The van der Waals surface area contributed by atoms with Crippen LogP contribution in [0.15, 0.2) is 17.2 Å². The van der Waals surface area contributed by atoms with Crippen LogP contribution in [0, 0.1) is 4.77 Å². The van der Waals surface area contributed by atoms with Crippen molar-refractivity contribution in [3.8, 4) is 17.2 Å². The minimum Gasteiger partial charge on any atom is -0.493 e. The maximum absolute atomic E-state index is 5.66. The normalized spacial score (nSPS) is 19.3. The summed E-state index contributed by atoms with van der Waals surface area (Å²) >= 11 is 5.26. The summed E-state index contributed by atoms with van der Waals surface area (Å²) in [7, 11) is 1.58. The first-order valence-electron chi connectivity index (χ1n) is 7.57. The van der Waals surface area contributed by atoms with Crippen molar-refractivity contribution in [1.82, 2.24) is 14.9 Å². The summed E-state index contributed by atoms with van der Waals surface area (Å²) in [5, 5.41) is 11.4. The molecule has 2 aliphatic heterocycles. The van der Waals surface area contributed by atoms with Crippen LogP contribution in [0.3, 0.4) is 0 Å². The molecule has 0 radical (unpaired) electrons. The van der Waals surface area contributed by atoms with E-state index in [0.29, 0.717) is 27.8 Å². The molecule has 2 aliphatic rings. The average molecular weight is 348 g/mol. The third-order valence-electron chi connectivity index (χ3n) is 3.90. The number of aromatic amines is 1. The number of benzene rings is 1. The van der Waals surface area contributed by atoms with Gasteiger partial charge in [-0.25, -0.2) is 0 Å². The summed E-state index contributed by atoms with van der Waals surface area (Å²) in [6, 6.07) is 3.66. The van der Waals surface area contributed by atoms with Crippen molar-refractivity contribution in [3.63, 3.8) is 0 Å². The number of nitrogens with one attached hydrogen (secondary N) is 1. The van der Waals surface area contributed by atoms with Gasteiger partial charge in [-0.1, -0.05) is 0 Å². The highest BCUT2D eigenvalue weighted by molar-refractivity contribution is 7.71. The molecule has 1 atom stereocenters. The molecule has 1 fully saturated rings. The molecule has 0 unspecified atom stereocenters. The van der Waals surface area contributed by atoms with E-state index in [1.54, 1.807) is 18.0 Å². The van der Waals surface area contributed by atoms with Crippen molar-refractivity contribution >= 4 is 18.4 Å². The maximum atomic E-state index is 5.66. The Bertz CT molecular complexity index is 838. The molecular weight excluding hydrogens is 332 g/mol. The zero-order valence-electron chi connectivity index (χ0n) is 13.0. The molecule has 1 saturated heterocycles. The Labute approximate surface area is 143 Å². The van der Waals surface area contributed by atoms with Crippen LogP contribution in [0.4, 0.5) is 0 Å². The average Bonchev–Trinajstić information content (AvgIpc) is 3.32. The summed E-state index contributed by atoms with van der Waals surface area (Å²) in [6.07, 6.45) is 3.51. The van der Waals surface area contributed by atoms with Gasteiger partial charge in [-0.3, -0.25) is 5.10 Å². The van der Waals surface area contributed by atoms with Crippen molar-refractivity contribution in [3.05, 3.63) is 28.3 Å². The maximum Gasteiger partial charge on any atom is 0.231 e. The number of hydrogen-bond acceptors (Lipinski definition) is 7. The molecule has 0 aliphatic carbocycles. The lowest BCUT2D eigenvalue weighted by Crippen LogP contribution is -2.05. The van der Waals surface area contributed by atoms with Crippen LogP contribution in [0.5, 0.6) is 17.2 Å². The fraction of sp³-hybridized carbons (Fsp3) is 0.400. The molecule has 4 rings (SSSR count). The van der Waals surface area contributed by atoms with Crippen LogP contribution in [0.1, 0.15) is 30.3 Å². The molecular formula is C15H16N4O4S. The van der Waals surface area contributed by atoms with Crippen LogP contribution >= 0.6 is 12.2 Å². The fourth-order valence-electron chi connectivity index (χ4n) is 2.75. The van der Waals surface area contributed by atoms with E-state index in [-0.39, 0.29) is 12.9 Å². The predicted molar refractivity (Wildman–Crippen MR) is 87.4 cm³/mol. The Hall–Kier alpha value is -2.39. The van der Waals surface area contributed by atoms with E-state index in [1.807, 2.05) is 12.1 Å². The van der Waals surface area contributed by atoms with E-state index < -0.39 is 0 Å². The highest BCUT2D eigenvalue weighted by atomic mass is 32.1. The molecule has 2 aromatic rings. The van der Waals surface area contributed by atoms with Gasteiger partial charge in [0.2, 0.25) is 17.3 Å². The van der Waals surface area contributed by atoms with Crippen molar-refractivity contribution in [2.75, 3.05) is 20.5 Å². The second-order valence-corrected chi connectivity index (χ2v) is 5.79. The number of aromatic nitrogens is 3. The molecule has 0 amide bonds. The van der Waals surface area contributed by atoms with Crippen molar-refractivity contribution in [1.29, 1.82) is 0 Å². The predicted octanol–water partition coefficient (Wildman–Crippen LogP) is 2.41. The van der Waals surface area contributed by atoms with Crippen molar-refractivity contribution in [2.45, 2.75) is 18.9 Å². The van der Waals surface area contributed by atoms with Gasteiger partial charge in [0.25, 0.3) is 0 Å². The van der Waals surface area contributed by atoms with Crippen LogP contribution in [0.2, 0.25) is 0 Å². The van der Waals surface area contributed by atoms with Gasteiger partial charge in [-0.05, 0) is 37.2 Å². The zero-order valence-corrected chi connectivity index (χ0v) is 13.8. The van der Waals surface area contributed by atoms with Crippen LogP contribution in [0.25, 0.3) is 0 Å². The van der Waals surface area contributed by atoms with Gasteiger partial charge in [0.05, 0.1) is 13.3 Å². The largest absolute Gasteiger partial charge is 0.493 e. The smallest absolute Gasteiger partial charge is 0.231 e. The molecule has 1 N–H and O–H groups in total. The first-order valence-corrected chi connectivity index (χ1v) is 7.98. The Morgan fingerprint density at radius 2 is 2.38 bits per heavy atom. The van der Waals surface area contributed by atoms with Gasteiger partial charge >= 0.3 is 0 Å². The summed E-state index contributed by atoms with van der Waals surface area (Å²) in [5.41, 5.74) is 0.803. The van der Waals surface area contributed by atoms with Crippen LogP contribution in [-0.4, -0.2) is 41.6 Å². The highest BCUT2D eigenvalue weighted by Gasteiger charge is 2.24. The van der Waals surface area contributed by atoms with Gasteiger partial charge < -0.3 is 18.9 Å². The van der Waals surface area contributed by atoms with Crippen LogP contribution in [-0.2, 0) is 4.74 Å². The van der Waals surface area contributed by atoms with Gasteiger partial charge in [-0.15, -0.1) is 0 Å². The third-order valence-corrected chi connectivity index (χ3v) is 4.16. The summed E-state index contributed by atoms with van der Waals surface area (Å²) in [4.78, 5) is 0. The SMILES string of the molecule is COc1cc(/C=N\n2c([C@@H]3CCCO3)n[nH]c2=S)cc2c1OCO2. The Balaban J connectivity index is 1.66. The number of methoxy groups -OCH3 is 1. The number of hydrogen-bond donors (Lipinski definition) is 1. The molecule has 0 spiro atoms. The lowest BCUT2D eigenvalue weighted by atomic mass is 10.2. The Morgan fingerprint density at radius 1 is 1.46 bits per heavy atom. The second kappa shape index (κ2) is 6.25. The van der Waals surface area contributed by atoms with E-state index >= 15 is 0 Å². The minimum absolute atomic E-state index is 0.0820. The Morgan fingerprint density at radius 3 is 3.17 bits per heavy atom. The monoisotopic (exact) mass is 348 g/mol. The Kier molecular flexibility index (Phi) is 3.95. The molecule has 1 aromatic carbocycles. The van der Waals surface area contributed by atoms with E-state index in [1.165, 1.54) is 0 Å². The first kappa shape index (κ1) is 15.2. The van der Waals surface area contributed by atoms with E-state index in [0.717, 1.165) is 25.0 Å². The topological polar surface area (TPSA) is 82.9 Å². The van der Waals surface area contributed by atoms with E-state index in [4.69, 9.17) is 31.2 Å². The van der Waals surface area contributed by atoms with Crippen molar-refractivity contribution < 1.29 is 18.9 Å². The molecule has 0 bridgehead atoms. The van der Waals surface area contributed by atoms with Gasteiger partial charge in [0, 0.05) is 12.2 Å². The van der Waals surface area contributed by atoms with Gasteiger partial charge in [0.1, 0.15) is 6.10 Å². The molecule has 3 heterocycles. The molecule has 126 valence electrons. The number of ether oxygens (including phenoxy) is 4. The van der Waals surface area contributed by atoms with E-state index in [2.05, 4.69) is 15.3 Å². The molecule has 9 heteroatoms. The highest BCUT2D eigenvalue weighted by Crippen LogP contribution is 2.41. The lowest BCUT2D eigenvalue weighted by Gasteiger charge is -2.08. The number of H-pyrrole nitrogens is 1. The summed E-state index contributed by atoms with van der Waals surface area (Å²) in [6.45, 7) is 0.912. The van der Waals surface area contributed by atoms with Gasteiger partial charge in [-0.2, -0.15) is 14.9 Å². The summed E-state index contributed by atoms with van der Waals surface area (Å²) < 4.78 is 23.8. The molecule has 24 heavy (non-hydrogen) atoms. The number of fused-ring (bicyclic) bond motifs is 1. The first-order chi connectivity index (χ1) is 11.8. The van der Waals surface area contributed by atoms with Gasteiger partial charge in [0.15, 0.2) is 17.3 Å². The van der Waals surface area contributed by atoms with E-state index in [9.17, 15) is 0 Å². The molecule has 1 aromatic heterocycles.